The lowest BCUT2D eigenvalue weighted by atomic mass is 10.0. The van der Waals surface area contributed by atoms with Crippen molar-refractivity contribution in [3.8, 4) is 11.5 Å². The van der Waals surface area contributed by atoms with Gasteiger partial charge in [0.1, 0.15) is 6.29 Å². The van der Waals surface area contributed by atoms with Crippen LogP contribution in [0.4, 0.5) is 0 Å². The van der Waals surface area contributed by atoms with Gasteiger partial charge in [-0.1, -0.05) is 61.5 Å². The van der Waals surface area contributed by atoms with E-state index in [0.29, 0.717) is 5.75 Å². The summed E-state index contributed by atoms with van der Waals surface area (Å²) in [5.41, 5.74) is 3.20. The predicted molar refractivity (Wildman–Crippen MR) is 100 cm³/mol. The lowest BCUT2D eigenvalue weighted by Crippen LogP contribution is -1.94. The van der Waals surface area contributed by atoms with E-state index < -0.39 is 0 Å². The van der Waals surface area contributed by atoms with E-state index in [0.717, 1.165) is 29.4 Å². The van der Waals surface area contributed by atoms with Gasteiger partial charge >= 0.3 is 0 Å². The average molecular weight is 324 g/mol. The second kappa shape index (κ2) is 10.8. The Balaban J connectivity index is 0.000000254. The summed E-state index contributed by atoms with van der Waals surface area (Å²) in [4.78, 5) is 9.89. The zero-order chi connectivity index (χ0) is 17.8. The quantitative estimate of drug-likeness (QED) is 0.629. The molecule has 0 saturated heterocycles. The van der Waals surface area contributed by atoms with Crippen molar-refractivity contribution in [2.75, 3.05) is 7.11 Å². The molecule has 0 aliphatic carbocycles. The van der Waals surface area contributed by atoms with Gasteiger partial charge < -0.3 is 9.84 Å². The fraction of sp³-hybridized carbons (Fsp3) is 0.190. The Hall–Kier alpha value is -2.81. The van der Waals surface area contributed by atoms with Crippen LogP contribution in [0.3, 0.4) is 0 Å². The molecule has 0 radical (unpaired) electrons. The van der Waals surface area contributed by atoms with Gasteiger partial charge in [-0.2, -0.15) is 0 Å². The SMILES string of the molecule is CC=Cc1ccc(O)c(OC)c1CC.O=CC=Cc1ccccc1. The molecule has 2 aromatic rings. The van der Waals surface area contributed by atoms with E-state index in [9.17, 15) is 9.90 Å². The molecule has 0 aromatic heterocycles. The molecular weight excluding hydrogens is 300 g/mol. The van der Waals surface area contributed by atoms with Gasteiger partial charge in [0, 0.05) is 5.56 Å². The number of methoxy groups -OCH3 is 1. The predicted octanol–water partition coefficient (Wildman–Crippen LogP) is 4.90. The Kier molecular flexibility index (Phi) is 8.69. The van der Waals surface area contributed by atoms with Crippen molar-refractivity contribution in [2.24, 2.45) is 0 Å². The highest BCUT2D eigenvalue weighted by molar-refractivity contribution is 5.73. The lowest BCUT2D eigenvalue weighted by Gasteiger charge is -2.11. The Morgan fingerprint density at radius 1 is 1.08 bits per heavy atom. The van der Waals surface area contributed by atoms with Crippen LogP contribution < -0.4 is 4.74 Å². The first kappa shape index (κ1) is 19.2. The zero-order valence-electron chi connectivity index (χ0n) is 14.4. The van der Waals surface area contributed by atoms with Crippen molar-refractivity contribution in [3.63, 3.8) is 0 Å². The molecule has 3 heteroatoms. The van der Waals surface area contributed by atoms with Gasteiger partial charge in [0.15, 0.2) is 11.5 Å². The Morgan fingerprint density at radius 2 is 1.79 bits per heavy atom. The first-order chi connectivity index (χ1) is 11.7. The molecule has 0 amide bonds. The molecule has 2 rings (SSSR count). The van der Waals surface area contributed by atoms with Gasteiger partial charge in [-0.15, -0.1) is 0 Å². The number of carbonyl (C=O) groups is 1. The van der Waals surface area contributed by atoms with Crippen LogP contribution in [0.1, 0.15) is 30.5 Å². The average Bonchev–Trinajstić information content (AvgIpc) is 2.62. The van der Waals surface area contributed by atoms with Crippen molar-refractivity contribution in [1.29, 1.82) is 0 Å². The highest BCUT2D eigenvalue weighted by Gasteiger charge is 2.09. The molecule has 0 aliphatic heterocycles. The third-order valence-electron chi connectivity index (χ3n) is 3.35. The van der Waals surface area contributed by atoms with Crippen LogP contribution in [0.25, 0.3) is 12.2 Å². The van der Waals surface area contributed by atoms with Crippen LogP contribution in [0.15, 0.2) is 54.6 Å². The summed E-state index contributed by atoms with van der Waals surface area (Å²) in [5, 5.41) is 9.57. The number of aromatic hydroxyl groups is 1. The standard InChI is InChI=1S/C12H16O2.C9H8O/c1-4-6-9-7-8-11(13)12(14-3)10(9)5-2;10-8-4-7-9-5-2-1-3-6-9/h4,6-8,13H,5H2,1-3H3;1-8H. The maximum atomic E-state index is 9.89. The molecule has 2 aromatic carbocycles. The molecule has 0 heterocycles. The van der Waals surface area contributed by atoms with E-state index in [1.165, 1.54) is 6.08 Å². The van der Waals surface area contributed by atoms with Crippen molar-refractivity contribution >= 4 is 18.4 Å². The summed E-state index contributed by atoms with van der Waals surface area (Å²) in [6.45, 7) is 4.02. The summed E-state index contributed by atoms with van der Waals surface area (Å²) in [6, 6.07) is 13.3. The van der Waals surface area contributed by atoms with Gasteiger partial charge in [-0.05, 0) is 36.6 Å². The molecule has 24 heavy (non-hydrogen) atoms. The second-order valence-electron chi connectivity index (χ2n) is 4.95. The molecule has 1 N–H and O–H groups in total. The van der Waals surface area contributed by atoms with Crippen molar-refractivity contribution in [2.45, 2.75) is 20.3 Å². The van der Waals surface area contributed by atoms with E-state index in [2.05, 4.69) is 0 Å². The first-order valence-electron chi connectivity index (χ1n) is 7.86. The summed E-state index contributed by atoms with van der Waals surface area (Å²) in [7, 11) is 1.58. The number of phenols is 1. The van der Waals surface area contributed by atoms with Crippen LogP contribution in [-0.2, 0) is 11.2 Å². The second-order valence-corrected chi connectivity index (χ2v) is 4.95. The monoisotopic (exact) mass is 324 g/mol. The molecule has 0 spiro atoms. The number of ether oxygens (including phenoxy) is 1. The number of benzene rings is 2. The summed E-state index contributed by atoms with van der Waals surface area (Å²) >= 11 is 0. The smallest absolute Gasteiger partial charge is 0.164 e. The number of rotatable bonds is 5. The fourth-order valence-electron chi connectivity index (χ4n) is 2.27. The number of hydrogen-bond donors (Lipinski definition) is 1. The molecule has 126 valence electrons. The maximum Gasteiger partial charge on any atom is 0.164 e. The first-order valence-corrected chi connectivity index (χ1v) is 7.86. The maximum absolute atomic E-state index is 9.89. The van der Waals surface area contributed by atoms with E-state index in [4.69, 9.17) is 4.74 Å². The number of carbonyl (C=O) groups excluding carboxylic acids is 1. The fourth-order valence-corrected chi connectivity index (χ4v) is 2.27. The third-order valence-corrected chi connectivity index (χ3v) is 3.35. The summed E-state index contributed by atoms with van der Waals surface area (Å²) in [5.74, 6) is 0.792. The summed E-state index contributed by atoms with van der Waals surface area (Å²) in [6.07, 6.45) is 8.86. The lowest BCUT2D eigenvalue weighted by molar-refractivity contribution is -0.104. The minimum Gasteiger partial charge on any atom is -0.504 e. The van der Waals surface area contributed by atoms with Crippen molar-refractivity contribution in [3.05, 3.63) is 71.3 Å². The Labute approximate surface area is 143 Å². The van der Waals surface area contributed by atoms with Crippen molar-refractivity contribution < 1.29 is 14.6 Å². The van der Waals surface area contributed by atoms with E-state index in [-0.39, 0.29) is 5.75 Å². The Morgan fingerprint density at radius 3 is 2.33 bits per heavy atom. The largest absolute Gasteiger partial charge is 0.504 e. The number of allylic oxidation sites excluding steroid dienone is 2. The zero-order valence-corrected chi connectivity index (χ0v) is 14.4. The van der Waals surface area contributed by atoms with Crippen LogP contribution in [0.2, 0.25) is 0 Å². The van der Waals surface area contributed by atoms with Crippen LogP contribution in [0, 0.1) is 0 Å². The molecular formula is C21H24O3. The number of hydrogen-bond acceptors (Lipinski definition) is 3. The van der Waals surface area contributed by atoms with Gasteiger partial charge in [-0.25, -0.2) is 0 Å². The molecule has 3 nitrogen and oxygen atoms in total. The molecule has 0 atom stereocenters. The minimum atomic E-state index is 0.206. The highest BCUT2D eigenvalue weighted by atomic mass is 16.5. The molecule has 0 aliphatic rings. The van der Waals surface area contributed by atoms with Crippen LogP contribution in [0.5, 0.6) is 11.5 Å². The van der Waals surface area contributed by atoms with Crippen LogP contribution >= 0.6 is 0 Å². The van der Waals surface area contributed by atoms with Gasteiger partial charge in [0.2, 0.25) is 0 Å². The molecule has 0 bridgehead atoms. The van der Waals surface area contributed by atoms with E-state index >= 15 is 0 Å². The minimum absolute atomic E-state index is 0.206. The molecule has 0 unspecified atom stereocenters. The molecule has 0 saturated carbocycles. The van der Waals surface area contributed by atoms with Gasteiger partial charge in [0.05, 0.1) is 7.11 Å². The number of aldehydes is 1. The highest BCUT2D eigenvalue weighted by Crippen LogP contribution is 2.33. The van der Waals surface area contributed by atoms with Crippen LogP contribution in [-0.4, -0.2) is 18.5 Å². The van der Waals surface area contributed by atoms with E-state index in [1.54, 1.807) is 19.3 Å². The topological polar surface area (TPSA) is 46.5 Å². The summed E-state index contributed by atoms with van der Waals surface area (Å²) < 4.78 is 5.17. The normalized spacial score (nSPS) is 10.5. The van der Waals surface area contributed by atoms with Crippen molar-refractivity contribution in [1.82, 2.24) is 0 Å². The Bertz CT molecular complexity index is 686. The van der Waals surface area contributed by atoms with E-state index in [1.807, 2.05) is 62.4 Å². The van der Waals surface area contributed by atoms with Gasteiger partial charge in [0.25, 0.3) is 0 Å². The van der Waals surface area contributed by atoms with Gasteiger partial charge in [-0.3, -0.25) is 4.79 Å². The third kappa shape index (κ3) is 5.76. The number of phenolic OH excluding ortho intramolecular Hbond substituents is 1. The molecule has 0 fully saturated rings.